The summed E-state index contributed by atoms with van der Waals surface area (Å²) in [6, 6.07) is 0.507. The molecule has 1 aliphatic heterocycles. The second-order valence-electron chi connectivity index (χ2n) is 5.43. The van der Waals surface area contributed by atoms with Crippen molar-refractivity contribution in [1.29, 1.82) is 0 Å². The van der Waals surface area contributed by atoms with E-state index in [9.17, 15) is 4.79 Å². The standard InChI is InChI=1S/C13H27N3O/c1-11(2)14-7-4-5-13(17)15-9-12-6-8-16(3)10-12/h11-12,14H,4-10H2,1-3H3,(H,15,17). The summed E-state index contributed by atoms with van der Waals surface area (Å²) in [5.74, 6) is 0.850. The van der Waals surface area contributed by atoms with E-state index in [1.807, 2.05) is 0 Å². The monoisotopic (exact) mass is 241 g/mol. The van der Waals surface area contributed by atoms with Crippen molar-refractivity contribution in [2.24, 2.45) is 5.92 Å². The second-order valence-corrected chi connectivity index (χ2v) is 5.43. The predicted octanol–water partition coefficient (Wildman–Crippen LogP) is 0.833. The molecule has 0 aromatic heterocycles. The maximum atomic E-state index is 11.6. The van der Waals surface area contributed by atoms with Gasteiger partial charge in [0.05, 0.1) is 0 Å². The van der Waals surface area contributed by atoms with Crippen LogP contribution in [-0.2, 0) is 4.79 Å². The van der Waals surface area contributed by atoms with Crippen molar-refractivity contribution >= 4 is 5.91 Å². The highest BCUT2D eigenvalue weighted by Crippen LogP contribution is 2.12. The molecule has 1 unspecified atom stereocenters. The number of nitrogens with zero attached hydrogens (tertiary/aromatic N) is 1. The second kappa shape index (κ2) is 7.67. The van der Waals surface area contributed by atoms with Crippen LogP contribution in [0.3, 0.4) is 0 Å². The topological polar surface area (TPSA) is 44.4 Å². The molecule has 1 amide bonds. The van der Waals surface area contributed by atoms with Crippen LogP contribution in [0, 0.1) is 5.92 Å². The first-order valence-electron chi connectivity index (χ1n) is 6.76. The SMILES string of the molecule is CC(C)NCCCC(=O)NCC1CCN(C)C1. The van der Waals surface area contributed by atoms with Crippen molar-refractivity contribution in [2.75, 3.05) is 33.2 Å². The minimum absolute atomic E-state index is 0.199. The summed E-state index contributed by atoms with van der Waals surface area (Å²) in [5, 5.41) is 6.36. The molecule has 0 spiro atoms. The van der Waals surface area contributed by atoms with Gasteiger partial charge in [0.2, 0.25) is 5.91 Å². The molecule has 1 rings (SSSR count). The highest BCUT2D eigenvalue weighted by molar-refractivity contribution is 5.75. The van der Waals surface area contributed by atoms with Gasteiger partial charge in [-0.3, -0.25) is 4.79 Å². The number of amides is 1. The summed E-state index contributed by atoms with van der Waals surface area (Å²) >= 11 is 0. The molecule has 0 aromatic carbocycles. The average Bonchev–Trinajstić information content (AvgIpc) is 2.67. The van der Waals surface area contributed by atoms with Gasteiger partial charge in [0.15, 0.2) is 0 Å². The summed E-state index contributed by atoms with van der Waals surface area (Å²) in [7, 11) is 2.14. The van der Waals surface area contributed by atoms with Gasteiger partial charge >= 0.3 is 0 Å². The largest absolute Gasteiger partial charge is 0.356 e. The zero-order valence-corrected chi connectivity index (χ0v) is 11.5. The lowest BCUT2D eigenvalue weighted by molar-refractivity contribution is -0.121. The van der Waals surface area contributed by atoms with E-state index in [0.29, 0.717) is 18.4 Å². The third kappa shape index (κ3) is 6.64. The normalized spacial score (nSPS) is 21.1. The number of carbonyl (C=O) groups is 1. The Morgan fingerprint density at radius 2 is 2.24 bits per heavy atom. The van der Waals surface area contributed by atoms with Crippen LogP contribution in [0.25, 0.3) is 0 Å². The zero-order chi connectivity index (χ0) is 12.7. The van der Waals surface area contributed by atoms with E-state index in [-0.39, 0.29) is 5.91 Å². The van der Waals surface area contributed by atoms with E-state index in [1.54, 1.807) is 0 Å². The quantitative estimate of drug-likeness (QED) is 0.649. The average molecular weight is 241 g/mol. The Kier molecular flexibility index (Phi) is 6.52. The van der Waals surface area contributed by atoms with Crippen LogP contribution in [0.4, 0.5) is 0 Å². The van der Waals surface area contributed by atoms with Crippen molar-refractivity contribution < 1.29 is 4.79 Å². The summed E-state index contributed by atoms with van der Waals surface area (Å²) in [5.41, 5.74) is 0. The Balaban J connectivity index is 1.98. The van der Waals surface area contributed by atoms with Gasteiger partial charge in [0.1, 0.15) is 0 Å². The first-order chi connectivity index (χ1) is 8.08. The number of likely N-dealkylation sites (tertiary alicyclic amines) is 1. The Morgan fingerprint density at radius 1 is 1.47 bits per heavy atom. The molecule has 4 nitrogen and oxygen atoms in total. The van der Waals surface area contributed by atoms with Crippen LogP contribution in [0.1, 0.15) is 33.1 Å². The molecular formula is C13H27N3O. The van der Waals surface area contributed by atoms with Crippen molar-refractivity contribution in [3.8, 4) is 0 Å². The molecular weight excluding hydrogens is 214 g/mol. The highest BCUT2D eigenvalue weighted by atomic mass is 16.1. The van der Waals surface area contributed by atoms with Crippen molar-refractivity contribution in [3.63, 3.8) is 0 Å². The molecule has 1 heterocycles. The predicted molar refractivity (Wildman–Crippen MR) is 71.0 cm³/mol. The van der Waals surface area contributed by atoms with Gasteiger partial charge in [-0.25, -0.2) is 0 Å². The van der Waals surface area contributed by atoms with Crippen LogP contribution in [-0.4, -0.2) is 50.1 Å². The number of carbonyl (C=O) groups excluding carboxylic acids is 1. The summed E-state index contributed by atoms with van der Waals surface area (Å²) in [6.45, 7) is 8.30. The van der Waals surface area contributed by atoms with E-state index in [4.69, 9.17) is 0 Å². The first kappa shape index (κ1) is 14.5. The van der Waals surface area contributed by atoms with Crippen molar-refractivity contribution in [2.45, 2.75) is 39.2 Å². The Hall–Kier alpha value is -0.610. The highest BCUT2D eigenvalue weighted by Gasteiger charge is 2.19. The van der Waals surface area contributed by atoms with E-state index >= 15 is 0 Å². The smallest absolute Gasteiger partial charge is 0.220 e. The lowest BCUT2D eigenvalue weighted by Gasteiger charge is -2.12. The summed E-state index contributed by atoms with van der Waals surface area (Å²) in [6.07, 6.45) is 2.78. The molecule has 1 saturated heterocycles. The van der Waals surface area contributed by atoms with Crippen molar-refractivity contribution in [3.05, 3.63) is 0 Å². The number of hydrogen-bond donors (Lipinski definition) is 2. The van der Waals surface area contributed by atoms with E-state index in [2.05, 4.69) is 36.4 Å². The molecule has 1 atom stereocenters. The Morgan fingerprint density at radius 3 is 2.82 bits per heavy atom. The van der Waals surface area contributed by atoms with E-state index < -0.39 is 0 Å². The third-order valence-electron chi connectivity index (χ3n) is 3.21. The van der Waals surface area contributed by atoms with Crippen molar-refractivity contribution in [1.82, 2.24) is 15.5 Å². The lowest BCUT2D eigenvalue weighted by atomic mass is 10.1. The Bertz CT molecular complexity index is 231. The fourth-order valence-electron chi connectivity index (χ4n) is 2.18. The van der Waals surface area contributed by atoms with Crippen LogP contribution in [0.5, 0.6) is 0 Å². The van der Waals surface area contributed by atoms with E-state index in [0.717, 1.165) is 26.1 Å². The molecule has 17 heavy (non-hydrogen) atoms. The molecule has 1 aliphatic rings. The van der Waals surface area contributed by atoms with E-state index in [1.165, 1.54) is 13.0 Å². The Labute approximate surface area is 105 Å². The fraction of sp³-hybridized carbons (Fsp3) is 0.923. The van der Waals surface area contributed by atoms with Gasteiger partial charge in [-0.1, -0.05) is 13.8 Å². The minimum atomic E-state index is 0.199. The molecule has 0 radical (unpaired) electrons. The number of hydrogen-bond acceptors (Lipinski definition) is 3. The van der Waals surface area contributed by atoms with Gasteiger partial charge in [0.25, 0.3) is 0 Å². The van der Waals surface area contributed by atoms with Gasteiger partial charge < -0.3 is 15.5 Å². The van der Waals surface area contributed by atoms with Gasteiger partial charge in [-0.05, 0) is 38.9 Å². The molecule has 1 fully saturated rings. The first-order valence-corrected chi connectivity index (χ1v) is 6.76. The molecule has 0 saturated carbocycles. The molecule has 0 aliphatic carbocycles. The molecule has 0 aromatic rings. The molecule has 4 heteroatoms. The summed E-state index contributed by atoms with van der Waals surface area (Å²) in [4.78, 5) is 13.9. The van der Waals surface area contributed by atoms with Gasteiger partial charge in [-0.15, -0.1) is 0 Å². The maximum absolute atomic E-state index is 11.6. The van der Waals surface area contributed by atoms with Crippen LogP contribution >= 0.6 is 0 Å². The third-order valence-corrected chi connectivity index (χ3v) is 3.21. The van der Waals surface area contributed by atoms with Gasteiger partial charge in [0, 0.05) is 25.6 Å². The number of rotatable bonds is 7. The molecule has 2 N–H and O–H groups in total. The zero-order valence-electron chi connectivity index (χ0n) is 11.5. The van der Waals surface area contributed by atoms with Crippen LogP contribution in [0.15, 0.2) is 0 Å². The molecule has 0 bridgehead atoms. The maximum Gasteiger partial charge on any atom is 0.220 e. The number of nitrogens with one attached hydrogen (secondary N) is 2. The minimum Gasteiger partial charge on any atom is -0.356 e. The fourth-order valence-corrected chi connectivity index (χ4v) is 2.18. The van der Waals surface area contributed by atoms with Gasteiger partial charge in [-0.2, -0.15) is 0 Å². The lowest BCUT2D eigenvalue weighted by Crippen LogP contribution is -2.31. The molecule has 100 valence electrons. The van der Waals surface area contributed by atoms with Crippen LogP contribution in [0.2, 0.25) is 0 Å². The van der Waals surface area contributed by atoms with Crippen LogP contribution < -0.4 is 10.6 Å². The summed E-state index contributed by atoms with van der Waals surface area (Å²) < 4.78 is 0.